The van der Waals surface area contributed by atoms with Crippen molar-refractivity contribution in [2.24, 2.45) is 5.92 Å². The monoisotopic (exact) mass is 357 g/mol. The zero-order valence-corrected chi connectivity index (χ0v) is 15.2. The molecular weight excluding hydrogens is 333 g/mol. The summed E-state index contributed by atoms with van der Waals surface area (Å²) in [5.74, 6) is 0.524. The molecule has 7 heteroatoms. The maximum Gasteiger partial charge on any atom is 0.270 e. The third-order valence-corrected chi connectivity index (χ3v) is 4.30. The van der Waals surface area contributed by atoms with Crippen molar-refractivity contribution >= 4 is 17.5 Å². The van der Waals surface area contributed by atoms with Gasteiger partial charge in [0.05, 0.1) is 5.69 Å². The smallest absolute Gasteiger partial charge is 0.270 e. The van der Waals surface area contributed by atoms with Crippen LogP contribution < -0.4 is 15.1 Å². The van der Waals surface area contributed by atoms with Gasteiger partial charge in [0.1, 0.15) is 11.5 Å². The van der Waals surface area contributed by atoms with Crippen molar-refractivity contribution in [3.63, 3.8) is 0 Å². The predicted molar refractivity (Wildman–Crippen MR) is 100 cm³/mol. The van der Waals surface area contributed by atoms with E-state index in [1.807, 2.05) is 29.7 Å². The van der Waals surface area contributed by atoms with E-state index < -0.39 is 0 Å². The van der Waals surface area contributed by atoms with Crippen molar-refractivity contribution in [3.8, 4) is 0 Å². The van der Waals surface area contributed by atoms with Gasteiger partial charge in [-0.15, -0.1) is 0 Å². The molecule has 0 unspecified atom stereocenters. The van der Waals surface area contributed by atoms with Gasteiger partial charge in [0.15, 0.2) is 0 Å². The van der Waals surface area contributed by atoms with E-state index in [2.05, 4.69) is 15.3 Å². The fourth-order valence-electron chi connectivity index (χ4n) is 2.87. The fraction of sp³-hybridized carbons (Fsp3) is 0.421. The van der Waals surface area contributed by atoms with Crippen LogP contribution in [0.4, 0.5) is 16.0 Å². The van der Waals surface area contributed by atoms with Gasteiger partial charge >= 0.3 is 0 Å². The first-order valence-electron chi connectivity index (χ1n) is 8.90. The molecule has 1 aliphatic rings. The van der Waals surface area contributed by atoms with E-state index in [1.165, 1.54) is 6.07 Å². The van der Waals surface area contributed by atoms with Crippen LogP contribution in [-0.4, -0.2) is 48.6 Å². The topological polar surface area (TPSA) is 61.4 Å². The third-order valence-electron chi connectivity index (χ3n) is 4.30. The van der Waals surface area contributed by atoms with Gasteiger partial charge in [0.2, 0.25) is 5.95 Å². The lowest BCUT2D eigenvalue weighted by molar-refractivity contribution is 0.0944. The SMILES string of the molecule is CC(C)CNC(=O)c1ccnc(N2CCN(c3ccccc3F)CC2)n1. The predicted octanol–water partition coefficient (Wildman–Crippen LogP) is 2.33. The lowest BCUT2D eigenvalue weighted by Crippen LogP contribution is -2.47. The molecule has 0 atom stereocenters. The van der Waals surface area contributed by atoms with Crippen molar-refractivity contribution in [2.45, 2.75) is 13.8 Å². The molecule has 1 saturated heterocycles. The molecule has 0 saturated carbocycles. The minimum absolute atomic E-state index is 0.188. The quantitative estimate of drug-likeness (QED) is 0.890. The van der Waals surface area contributed by atoms with Crippen LogP contribution in [0, 0.1) is 11.7 Å². The van der Waals surface area contributed by atoms with Crippen LogP contribution in [0.25, 0.3) is 0 Å². The molecule has 0 aliphatic carbocycles. The Hall–Kier alpha value is -2.70. The van der Waals surface area contributed by atoms with E-state index in [0.29, 0.717) is 56.0 Å². The van der Waals surface area contributed by atoms with Crippen molar-refractivity contribution in [2.75, 3.05) is 42.5 Å². The standard InChI is InChI=1S/C19H24FN5O/c1-14(2)13-22-18(26)16-7-8-21-19(23-16)25-11-9-24(10-12-25)17-6-4-3-5-15(17)20/h3-8,14H,9-13H2,1-2H3,(H,22,26). The number of carbonyl (C=O) groups excluding carboxylic acids is 1. The van der Waals surface area contributed by atoms with E-state index in [0.717, 1.165) is 0 Å². The molecule has 0 radical (unpaired) electrons. The molecule has 3 rings (SSSR count). The van der Waals surface area contributed by atoms with E-state index >= 15 is 0 Å². The van der Waals surface area contributed by atoms with Crippen LogP contribution in [0.5, 0.6) is 0 Å². The van der Waals surface area contributed by atoms with Crippen LogP contribution >= 0.6 is 0 Å². The molecule has 6 nitrogen and oxygen atoms in total. The number of aromatic nitrogens is 2. The van der Waals surface area contributed by atoms with Crippen molar-refractivity contribution in [1.82, 2.24) is 15.3 Å². The number of nitrogens with one attached hydrogen (secondary N) is 1. The van der Waals surface area contributed by atoms with Gasteiger partial charge in [0, 0.05) is 38.9 Å². The normalized spacial score (nSPS) is 14.6. The Morgan fingerprint density at radius 2 is 1.85 bits per heavy atom. The Morgan fingerprint density at radius 3 is 2.54 bits per heavy atom. The number of halogens is 1. The molecule has 2 heterocycles. The zero-order chi connectivity index (χ0) is 18.5. The number of hydrogen-bond donors (Lipinski definition) is 1. The van der Waals surface area contributed by atoms with Crippen LogP contribution in [0.3, 0.4) is 0 Å². The molecule has 26 heavy (non-hydrogen) atoms. The number of piperazine rings is 1. The highest BCUT2D eigenvalue weighted by Crippen LogP contribution is 2.21. The van der Waals surface area contributed by atoms with Crippen LogP contribution in [0.15, 0.2) is 36.5 Å². The minimum Gasteiger partial charge on any atom is -0.366 e. The molecule has 1 aliphatic heterocycles. The average molecular weight is 357 g/mol. The summed E-state index contributed by atoms with van der Waals surface area (Å²) in [6, 6.07) is 8.42. The summed E-state index contributed by atoms with van der Waals surface area (Å²) in [5.41, 5.74) is 0.988. The molecule has 1 aromatic carbocycles. The molecule has 138 valence electrons. The average Bonchev–Trinajstić information content (AvgIpc) is 2.67. The lowest BCUT2D eigenvalue weighted by atomic mass is 10.2. The highest BCUT2D eigenvalue weighted by Gasteiger charge is 2.21. The second kappa shape index (κ2) is 8.12. The number of hydrogen-bond acceptors (Lipinski definition) is 5. The molecule has 1 N–H and O–H groups in total. The van der Waals surface area contributed by atoms with Crippen LogP contribution in [0.1, 0.15) is 24.3 Å². The van der Waals surface area contributed by atoms with Gasteiger partial charge < -0.3 is 15.1 Å². The molecule has 1 aromatic heterocycles. The minimum atomic E-state index is -0.207. The van der Waals surface area contributed by atoms with Crippen molar-refractivity contribution in [1.29, 1.82) is 0 Å². The summed E-state index contributed by atoms with van der Waals surface area (Å²) in [5, 5.41) is 2.87. The van der Waals surface area contributed by atoms with E-state index in [1.54, 1.807) is 24.4 Å². The number of amides is 1. The first-order valence-corrected chi connectivity index (χ1v) is 8.90. The Labute approximate surface area is 153 Å². The largest absolute Gasteiger partial charge is 0.366 e. The maximum absolute atomic E-state index is 13.9. The first kappa shape index (κ1) is 18.1. The first-order chi connectivity index (χ1) is 12.5. The summed E-state index contributed by atoms with van der Waals surface area (Å²) in [6.07, 6.45) is 1.61. The van der Waals surface area contributed by atoms with Crippen LogP contribution in [0.2, 0.25) is 0 Å². The second-order valence-electron chi connectivity index (χ2n) is 6.77. The van der Waals surface area contributed by atoms with Crippen molar-refractivity contribution in [3.05, 3.63) is 48.0 Å². The Morgan fingerprint density at radius 1 is 1.15 bits per heavy atom. The van der Waals surface area contributed by atoms with Gasteiger partial charge in [-0.3, -0.25) is 4.79 Å². The van der Waals surface area contributed by atoms with Gasteiger partial charge in [-0.25, -0.2) is 14.4 Å². The highest BCUT2D eigenvalue weighted by molar-refractivity contribution is 5.92. The molecule has 1 amide bonds. The molecule has 0 spiro atoms. The van der Waals surface area contributed by atoms with Gasteiger partial charge in [0.25, 0.3) is 5.91 Å². The van der Waals surface area contributed by atoms with Gasteiger partial charge in [-0.2, -0.15) is 0 Å². The summed E-state index contributed by atoms with van der Waals surface area (Å²) < 4.78 is 13.9. The van der Waals surface area contributed by atoms with Gasteiger partial charge in [-0.1, -0.05) is 26.0 Å². The van der Waals surface area contributed by atoms with Gasteiger partial charge in [-0.05, 0) is 24.1 Å². The van der Waals surface area contributed by atoms with E-state index in [9.17, 15) is 9.18 Å². The number of para-hydroxylation sites is 1. The summed E-state index contributed by atoms with van der Waals surface area (Å²) in [4.78, 5) is 24.9. The molecular formula is C19H24FN5O. The lowest BCUT2D eigenvalue weighted by Gasteiger charge is -2.36. The van der Waals surface area contributed by atoms with E-state index in [4.69, 9.17) is 0 Å². The second-order valence-corrected chi connectivity index (χ2v) is 6.77. The van der Waals surface area contributed by atoms with Crippen molar-refractivity contribution < 1.29 is 9.18 Å². The number of benzene rings is 1. The number of anilines is 2. The Kier molecular flexibility index (Phi) is 5.65. The summed E-state index contributed by atoms with van der Waals surface area (Å²) >= 11 is 0. The summed E-state index contributed by atoms with van der Waals surface area (Å²) in [7, 11) is 0. The number of carbonyl (C=O) groups is 1. The third kappa shape index (κ3) is 4.28. The highest BCUT2D eigenvalue weighted by atomic mass is 19.1. The Balaban J connectivity index is 1.63. The number of rotatable bonds is 5. The summed E-state index contributed by atoms with van der Waals surface area (Å²) in [6.45, 7) is 7.39. The maximum atomic E-state index is 13.9. The Bertz CT molecular complexity index is 759. The molecule has 1 fully saturated rings. The van der Waals surface area contributed by atoms with E-state index in [-0.39, 0.29) is 11.7 Å². The van der Waals surface area contributed by atoms with Crippen LogP contribution in [-0.2, 0) is 0 Å². The number of nitrogens with zero attached hydrogens (tertiary/aromatic N) is 4. The molecule has 2 aromatic rings. The zero-order valence-electron chi connectivity index (χ0n) is 15.2. The molecule has 0 bridgehead atoms. The fourth-order valence-corrected chi connectivity index (χ4v) is 2.87.